The lowest BCUT2D eigenvalue weighted by Gasteiger charge is -2.26. The highest BCUT2D eigenvalue weighted by Crippen LogP contribution is 2.18. The number of hydrogen-bond donors (Lipinski definition) is 2. The Morgan fingerprint density at radius 3 is 2.50 bits per heavy atom. The lowest BCUT2D eigenvalue weighted by Crippen LogP contribution is -2.45. The van der Waals surface area contributed by atoms with Crippen molar-refractivity contribution < 1.29 is 12.8 Å². The van der Waals surface area contributed by atoms with Gasteiger partial charge in [0.1, 0.15) is 15.7 Å². The first-order valence-corrected chi connectivity index (χ1v) is 10.2. The van der Waals surface area contributed by atoms with Crippen LogP contribution in [0.1, 0.15) is 24.9 Å². The molecule has 0 aromatic heterocycles. The summed E-state index contributed by atoms with van der Waals surface area (Å²) in [5, 5.41) is 6.40. The second-order valence-corrected chi connectivity index (χ2v) is 8.71. The second kappa shape index (κ2) is 11.7. The molecule has 0 saturated heterocycles. The number of benzene rings is 1. The van der Waals surface area contributed by atoms with Crippen molar-refractivity contribution in [1.29, 1.82) is 0 Å². The van der Waals surface area contributed by atoms with Crippen molar-refractivity contribution in [3.05, 3.63) is 35.6 Å². The average molecular weight is 500 g/mol. The Labute approximate surface area is 173 Å². The highest BCUT2D eigenvalue weighted by atomic mass is 127. The lowest BCUT2D eigenvalue weighted by molar-refractivity contribution is 0.297. The third kappa shape index (κ3) is 9.67. The molecule has 0 radical (unpaired) electrons. The molecule has 1 aromatic rings. The van der Waals surface area contributed by atoms with Gasteiger partial charge in [-0.05, 0) is 45.1 Å². The van der Waals surface area contributed by atoms with Crippen LogP contribution in [0.2, 0.25) is 0 Å². The fourth-order valence-corrected chi connectivity index (χ4v) is 3.18. The zero-order chi connectivity index (χ0) is 19.0. The van der Waals surface area contributed by atoms with E-state index in [0.717, 1.165) is 5.56 Å². The van der Waals surface area contributed by atoms with Gasteiger partial charge in [0.25, 0.3) is 0 Å². The zero-order valence-electron chi connectivity index (χ0n) is 16.0. The largest absolute Gasteiger partial charge is 0.354 e. The van der Waals surface area contributed by atoms with Gasteiger partial charge in [-0.2, -0.15) is 0 Å². The highest BCUT2D eigenvalue weighted by molar-refractivity contribution is 14.0. The second-order valence-electron chi connectivity index (χ2n) is 6.45. The number of nitrogens with one attached hydrogen (secondary N) is 2. The van der Waals surface area contributed by atoms with E-state index in [1.807, 2.05) is 32.0 Å². The molecular formula is C17H30FIN4O2S. The summed E-state index contributed by atoms with van der Waals surface area (Å²) in [7, 11) is 2.54. The van der Waals surface area contributed by atoms with E-state index >= 15 is 0 Å². The number of guanidine groups is 1. The van der Waals surface area contributed by atoms with Gasteiger partial charge >= 0.3 is 0 Å². The van der Waals surface area contributed by atoms with Gasteiger partial charge in [-0.3, -0.25) is 4.99 Å². The van der Waals surface area contributed by atoms with Crippen LogP contribution in [0, 0.1) is 5.82 Å². The van der Waals surface area contributed by atoms with Crippen LogP contribution in [0.15, 0.2) is 29.3 Å². The molecule has 1 aromatic carbocycles. The Balaban J connectivity index is 0.00000625. The molecule has 2 atom stereocenters. The number of hydrogen-bond acceptors (Lipinski definition) is 4. The van der Waals surface area contributed by atoms with Gasteiger partial charge in [-0.1, -0.05) is 12.1 Å². The third-order valence-corrected chi connectivity index (χ3v) is 4.83. The molecule has 0 saturated carbocycles. The smallest absolute Gasteiger partial charge is 0.191 e. The number of likely N-dealkylation sites (N-methyl/N-ethyl adjacent to an activating group) is 1. The third-order valence-electron chi connectivity index (χ3n) is 3.85. The average Bonchev–Trinajstić information content (AvgIpc) is 2.51. The molecule has 2 unspecified atom stereocenters. The molecule has 9 heteroatoms. The van der Waals surface area contributed by atoms with E-state index in [-0.39, 0.29) is 47.6 Å². The summed E-state index contributed by atoms with van der Waals surface area (Å²) in [6.45, 7) is 2.45. The first-order valence-electron chi connectivity index (χ1n) is 8.19. The maximum atomic E-state index is 13.5. The summed E-state index contributed by atoms with van der Waals surface area (Å²) in [6.07, 6.45) is 1.73. The Morgan fingerprint density at radius 1 is 1.35 bits per heavy atom. The minimum Gasteiger partial charge on any atom is -0.354 e. The molecule has 0 aliphatic carbocycles. The summed E-state index contributed by atoms with van der Waals surface area (Å²) in [6, 6.07) is 6.47. The summed E-state index contributed by atoms with van der Waals surface area (Å²) in [5.41, 5.74) is 0.873. The molecule has 0 bridgehead atoms. The Hall–Kier alpha value is -0.940. The van der Waals surface area contributed by atoms with Crippen molar-refractivity contribution in [2.75, 3.05) is 39.7 Å². The lowest BCUT2D eigenvalue weighted by atomic mass is 10.1. The maximum Gasteiger partial charge on any atom is 0.191 e. The molecule has 2 N–H and O–H groups in total. The molecule has 0 spiro atoms. The minimum atomic E-state index is -2.98. The first kappa shape index (κ1) is 25.1. The topological polar surface area (TPSA) is 73.8 Å². The van der Waals surface area contributed by atoms with E-state index in [0.29, 0.717) is 18.9 Å². The fraction of sp³-hybridized carbons (Fsp3) is 0.588. The molecule has 0 fully saturated rings. The van der Waals surface area contributed by atoms with E-state index in [9.17, 15) is 12.8 Å². The van der Waals surface area contributed by atoms with Crippen molar-refractivity contribution >= 4 is 39.8 Å². The predicted molar refractivity (Wildman–Crippen MR) is 117 cm³/mol. The monoisotopic (exact) mass is 500 g/mol. The van der Waals surface area contributed by atoms with Crippen LogP contribution in [-0.2, 0) is 9.84 Å². The molecule has 1 rings (SSSR count). The summed E-state index contributed by atoms with van der Waals surface area (Å²) in [5.74, 6) is 0.451. The number of halogens is 2. The SMILES string of the molecule is CN=C(NCC(c1cccc(F)c1)N(C)C)NC(C)CCS(C)(=O)=O.I. The van der Waals surface area contributed by atoms with Crippen LogP contribution in [0.5, 0.6) is 0 Å². The van der Waals surface area contributed by atoms with Crippen LogP contribution in [0.3, 0.4) is 0 Å². The van der Waals surface area contributed by atoms with Crippen LogP contribution in [0.4, 0.5) is 4.39 Å². The van der Waals surface area contributed by atoms with Gasteiger partial charge in [-0.15, -0.1) is 24.0 Å². The van der Waals surface area contributed by atoms with Crippen molar-refractivity contribution in [1.82, 2.24) is 15.5 Å². The van der Waals surface area contributed by atoms with E-state index in [1.54, 1.807) is 13.1 Å². The highest BCUT2D eigenvalue weighted by Gasteiger charge is 2.16. The number of rotatable bonds is 8. The van der Waals surface area contributed by atoms with Crippen molar-refractivity contribution in [2.24, 2.45) is 4.99 Å². The Morgan fingerprint density at radius 2 is 2.00 bits per heavy atom. The molecule has 6 nitrogen and oxygen atoms in total. The van der Waals surface area contributed by atoms with Gasteiger partial charge in [0.05, 0.1) is 11.8 Å². The maximum absolute atomic E-state index is 13.5. The standard InChI is InChI=1S/C17H29FN4O2S.HI/c1-13(9-10-25(5,23)24)21-17(19-2)20-12-16(22(3)4)14-7-6-8-15(18)11-14;/h6-8,11,13,16H,9-10,12H2,1-5H3,(H2,19,20,21);1H. The van der Waals surface area contributed by atoms with Crippen molar-refractivity contribution in [3.8, 4) is 0 Å². The van der Waals surface area contributed by atoms with E-state index < -0.39 is 9.84 Å². The van der Waals surface area contributed by atoms with Gasteiger partial charge in [0.15, 0.2) is 5.96 Å². The van der Waals surface area contributed by atoms with Crippen LogP contribution >= 0.6 is 24.0 Å². The Bertz CT molecular complexity index is 683. The fourth-order valence-electron chi connectivity index (χ4n) is 2.40. The molecule has 0 aliphatic heterocycles. The van der Waals surface area contributed by atoms with Crippen LogP contribution in [-0.4, -0.2) is 65.0 Å². The summed E-state index contributed by atoms with van der Waals surface area (Å²) < 4.78 is 36.0. The molecule has 0 aliphatic rings. The zero-order valence-corrected chi connectivity index (χ0v) is 19.1. The molecule has 26 heavy (non-hydrogen) atoms. The van der Waals surface area contributed by atoms with Gasteiger partial charge in [0.2, 0.25) is 0 Å². The molecule has 150 valence electrons. The van der Waals surface area contributed by atoms with Crippen LogP contribution in [0.25, 0.3) is 0 Å². The minimum absolute atomic E-state index is 0. The van der Waals surface area contributed by atoms with Gasteiger partial charge in [-0.25, -0.2) is 12.8 Å². The quantitative estimate of drug-likeness (QED) is 0.325. The number of sulfone groups is 1. The van der Waals surface area contributed by atoms with Crippen LogP contribution < -0.4 is 10.6 Å². The normalized spacial score (nSPS) is 14.5. The van der Waals surface area contributed by atoms with Gasteiger partial charge in [0, 0.05) is 25.9 Å². The van der Waals surface area contributed by atoms with E-state index in [4.69, 9.17) is 0 Å². The van der Waals surface area contributed by atoms with E-state index in [1.165, 1.54) is 18.4 Å². The Kier molecular flexibility index (Phi) is 11.3. The van der Waals surface area contributed by atoms with E-state index in [2.05, 4.69) is 15.6 Å². The number of nitrogens with zero attached hydrogens (tertiary/aromatic N) is 2. The molecular weight excluding hydrogens is 470 g/mol. The van der Waals surface area contributed by atoms with Crippen molar-refractivity contribution in [3.63, 3.8) is 0 Å². The van der Waals surface area contributed by atoms with Crippen molar-refractivity contribution in [2.45, 2.75) is 25.4 Å². The summed E-state index contributed by atoms with van der Waals surface area (Å²) in [4.78, 5) is 6.17. The predicted octanol–water partition coefficient (Wildman–Crippen LogP) is 2.03. The summed E-state index contributed by atoms with van der Waals surface area (Å²) >= 11 is 0. The molecule has 0 heterocycles. The number of aliphatic imine (C=N–C) groups is 1. The first-order chi connectivity index (χ1) is 11.6. The van der Waals surface area contributed by atoms with Gasteiger partial charge < -0.3 is 15.5 Å². The molecule has 0 amide bonds.